The molecule has 0 aliphatic carbocycles. The molecule has 0 bridgehead atoms. The van der Waals surface area contributed by atoms with Crippen LogP contribution in [0.4, 0.5) is 11.4 Å². The van der Waals surface area contributed by atoms with Crippen LogP contribution in [0, 0.1) is 0 Å². The van der Waals surface area contributed by atoms with Crippen LogP contribution in [-0.2, 0) is 9.59 Å². The summed E-state index contributed by atoms with van der Waals surface area (Å²) in [5, 5.41) is 14.5. The number of aromatic carboxylic acids is 1. The zero-order valence-electron chi connectivity index (χ0n) is 16.8. The van der Waals surface area contributed by atoms with Gasteiger partial charge < -0.3 is 20.5 Å². The number of anilines is 2. The number of carboxylic acid groups (broad SMARTS) is 1. The van der Waals surface area contributed by atoms with Crippen molar-refractivity contribution in [2.24, 2.45) is 0 Å². The van der Waals surface area contributed by atoms with Crippen LogP contribution in [0.2, 0.25) is 5.15 Å². The number of benzene rings is 2. The van der Waals surface area contributed by atoms with E-state index in [1.54, 1.807) is 42.5 Å². The molecule has 0 saturated heterocycles. The molecule has 0 radical (unpaired) electrons. The Morgan fingerprint density at radius 1 is 1.00 bits per heavy atom. The zero-order chi connectivity index (χ0) is 23.1. The summed E-state index contributed by atoms with van der Waals surface area (Å²) in [6.45, 7) is 0. The van der Waals surface area contributed by atoms with Gasteiger partial charge in [-0.2, -0.15) is 0 Å². The van der Waals surface area contributed by atoms with Crippen molar-refractivity contribution < 1.29 is 24.2 Å². The summed E-state index contributed by atoms with van der Waals surface area (Å²) in [6, 6.07) is 15.8. The van der Waals surface area contributed by atoms with Crippen molar-refractivity contribution in [3.05, 3.63) is 88.7 Å². The first-order chi connectivity index (χ1) is 15.4. The second-order valence-electron chi connectivity index (χ2n) is 6.44. The minimum absolute atomic E-state index is 0.0596. The van der Waals surface area contributed by atoms with Crippen molar-refractivity contribution in [2.45, 2.75) is 0 Å². The molecule has 2 amide bonds. The van der Waals surface area contributed by atoms with Gasteiger partial charge in [0.1, 0.15) is 16.5 Å². The molecule has 1 heterocycles. The fourth-order valence-electron chi connectivity index (χ4n) is 2.74. The number of nitrogens with zero attached hydrogens (tertiary/aromatic N) is 1. The van der Waals surface area contributed by atoms with Crippen LogP contribution in [0.5, 0.6) is 5.75 Å². The van der Waals surface area contributed by atoms with Crippen LogP contribution in [0.1, 0.15) is 15.9 Å². The standard InChI is InChI=1S/C23H18ClN3O5/c1-32-19-10-9-15(23(30)31)13-18(19)27-22(29)17(12-14-6-5-11-25-20(14)24)21(28)26-16-7-3-2-4-8-16/h2-13H,1H3,(H,26,28)(H,27,29)(H,30,31). The average molecular weight is 452 g/mol. The highest BCUT2D eigenvalue weighted by molar-refractivity contribution is 6.33. The van der Waals surface area contributed by atoms with Crippen molar-refractivity contribution in [2.75, 3.05) is 17.7 Å². The summed E-state index contributed by atoms with van der Waals surface area (Å²) >= 11 is 6.10. The monoisotopic (exact) mass is 451 g/mol. The van der Waals surface area contributed by atoms with E-state index in [1.165, 1.54) is 37.6 Å². The lowest BCUT2D eigenvalue weighted by molar-refractivity contribution is -0.118. The number of pyridine rings is 1. The van der Waals surface area contributed by atoms with Gasteiger partial charge in [0.25, 0.3) is 11.8 Å². The SMILES string of the molecule is COc1ccc(C(=O)O)cc1NC(=O)C(=Cc1cccnc1Cl)C(=O)Nc1ccccc1. The molecule has 32 heavy (non-hydrogen) atoms. The number of aromatic nitrogens is 1. The lowest BCUT2D eigenvalue weighted by Crippen LogP contribution is -2.25. The van der Waals surface area contributed by atoms with Gasteiger partial charge in [-0.1, -0.05) is 35.9 Å². The van der Waals surface area contributed by atoms with Crippen molar-refractivity contribution in [1.82, 2.24) is 4.98 Å². The molecule has 0 unspecified atom stereocenters. The van der Waals surface area contributed by atoms with E-state index in [1.807, 2.05) is 0 Å². The first-order valence-corrected chi connectivity index (χ1v) is 9.68. The van der Waals surface area contributed by atoms with Gasteiger partial charge in [-0.15, -0.1) is 0 Å². The summed E-state index contributed by atoms with van der Waals surface area (Å²) in [4.78, 5) is 41.3. The van der Waals surface area contributed by atoms with E-state index >= 15 is 0 Å². The molecular weight excluding hydrogens is 434 g/mol. The Labute approximate surface area is 188 Å². The number of hydrogen-bond acceptors (Lipinski definition) is 5. The van der Waals surface area contributed by atoms with Gasteiger partial charge in [0, 0.05) is 17.4 Å². The summed E-state index contributed by atoms with van der Waals surface area (Å²) in [6.07, 6.45) is 2.78. The highest BCUT2D eigenvalue weighted by Gasteiger charge is 2.21. The van der Waals surface area contributed by atoms with Crippen LogP contribution in [0.25, 0.3) is 6.08 Å². The van der Waals surface area contributed by atoms with Gasteiger partial charge in [-0.3, -0.25) is 9.59 Å². The molecule has 0 saturated carbocycles. The summed E-state index contributed by atoms with van der Waals surface area (Å²) in [7, 11) is 1.37. The van der Waals surface area contributed by atoms with E-state index in [0.717, 1.165) is 0 Å². The van der Waals surface area contributed by atoms with E-state index in [4.69, 9.17) is 16.3 Å². The molecular formula is C23H18ClN3O5. The van der Waals surface area contributed by atoms with E-state index in [-0.39, 0.29) is 27.7 Å². The molecule has 0 atom stereocenters. The van der Waals surface area contributed by atoms with E-state index < -0.39 is 17.8 Å². The summed E-state index contributed by atoms with van der Waals surface area (Å²) in [5.74, 6) is -2.44. The molecule has 3 aromatic rings. The fraction of sp³-hybridized carbons (Fsp3) is 0.0435. The van der Waals surface area contributed by atoms with Crippen molar-refractivity contribution >= 4 is 46.8 Å². The maximum absolute atomic E-state index is 13.1. The van der Waals surface area contributed by atoms with Gasteiger partial charge in [-0.25, -0.2) is 9.78 Å². The van der Waals surface area contributed by atoms with Gasteiger partial charge in [0.15, 0.2) is 0 Å². The molecule has 162 valence electrons. The van der Waals surface area contributed by atoms with E-state index in [9.17, 15) is 19.5 Å². The van der Waals surface area contributed by atoms with Crippen LogP contribution >= 0.6 is 11.6 Å². The molecule has 0 spiro atoms. The second-order valence-corrected chi connectivity index (χ2v) is 6.79. The predicted octanol–water partition coefficient (Wildman–Crippen LogP) is 4.10. The Morgan fingerprint density at radius 3 is 2.38 bits per heavy atom. The Balaban J connectivity index is 1.99. The number of halogens is 1. The molecule has 0 aliphatic heterocycles. The molecule has 2 aromatic carbocycles. The average Bonchev–Trinajstić information content (AvgIpc) is 2.78. The lowest BCUT2D eigenvalue weighted by Gasteiger charge is -2.13. The predicted molar refractivity (Wildman–Crippen MR) is 121 cm³/mol. The Bertz CT molecular complexity index is 1200. The molecule has 3 N–H and O–H groups in total. The molecule has 0 fully saturated rings. The Kier molecular flexibility index (Phi) is 7.20. The minimum Gasteiger partial charge on any atom is -0.495 e. The van der Waals surface area contributed by atoms with Crippen LogP contribution < -0.4 is 15.4 Å². The van der Waals surface area contributed by atoms with Gasteiger partial charge in [0.2, 0.25) is 0 Å². The highest BCUT2D eigenvalue weighted by atomic mass is 35.5. The zero-order valence-corrected chi connectivity index (χ0v) is 17.6. The summed E-state index contributed by atoms with van der Waals surface area (Å²) in [5.41, 5.74) is 0.600. The highest BCUT2D eigenvalue weighted by Crippen LogP contribution is 2.27. The topological polar surface area (TPSA) is 118 Å². The van der Waals surface area contributed by atoms with E-state index in [2.05, 4.69) is 15.6 Å². The quantitative estimate of drug-likeness (QED) is 0.215. The number of ether oxygens (including phenoxy) is 1. The number of carboxylic acids is 1. The molecule has 1 aromatic heterocycles. The minimum atomic E-state index is -1.18. The molecule has 9 heteroatoms. The van der Waals surface area contributed by atoms with E-state index in [0.29, 0.717) is 11.3 Å². The number of nitrogens with one attached hydrogen (secondary N) is 2. The third kappa shape index (κ3) is 5.50. The first kappa shape index (κ1) is 22.5. The maximum atomic E-state index is 13.1. The summed E-state index contributed by atoms with van der Waals surface area (Å²) < 4.78 is 5.20. The van der Waals surface area contributed by atoms with Crippen LogP contribution in [0.3, 0.4) is 0 Å². The number of amides is 2. The van der Waals surface area contributed by atoms with Gasteiger partial charge >= 0.3 is 5.97 Å². The van der Waals surface area contributed by atoms with Gasteiger partial charge in [0.05, 0.1) is 18.4 Å². The largest absolute Gasteiger partial charge is 0.495 e. The third-order valence-corrected chi connectivity index (χ3v) is 4.62. The third-order valence-electron chi connectivity index (χ3n) is 4.30. The van der Waals surface area contributed by atoms with Crippen molar-refractivity contribution in [1.29, 1.82) is 0 Å². The number of carbonyl (C=O) groups is 3. The molecule has 3 rings (SSSR count). The number of hydrogen-bond donors (Lipinski definition) is 3. The Hall–Kier alpha value is -4.17. The number of rotatable bonds is 7. The smallest absolute Gasteiger partial charge is 0.335 e. The van der Waals surface area contributed by atoms with Crippen LogP contribution in [-0.4, -0.2) is 35.0 Å². The fourth-order valence-corrected chi connectivity index (χ4v) is 2.92. The van der Waals surface area contributed by atoms with Crippen molar-refractivity contribution in [3.63, 3.8) is 0 Å². The normalized spacial score (nSPS) is 10.9. The number of para-hydroxylation sites is 1. The second kappa shape index (κ2) is 10.2. The Morgan fingerprint density at radius 2 is 1.72 bits per heavy atom. The van der Waals surface area contributed by atoms with Crippen molar-refractivity contribution in [3.8, 4) is 5.75 Å². The first-order valence-electron chi connectivity index (χ1n) is 9.30. The van der Waals surface area contributed by atoms with Crippen LogP contribution in [0.15, 0.2) is 72.4 Å². The van der Waals surface area contributed by atoms with Gasteiger partial charge in [-0.05, 0) is 42.5 Å². The maximum Gasteiger partial charge on any atom is 0.335 e. The number of methoxy groups -OCH3 is 1. The lowest BCUT2D eigenvalue weighted by atomic mass is 10.1. The number of carbonyl (C=O) groups excluding carboxylic acids is 2. The molecule has 8 nitrogen and oxygen atoms in total. The molecule has 0 aliphatic rings.